The van der Waals surface area contributed by atoms with Crippen LogP contribution in [0.15, 0.2) is 28.7 Å². The zero-order chi connectivity index (χ0) is 13.6. The monoisotopic (exact) mass is 335 g/mol. The van der Waals surface area contributed by atoms with Crippen LogP contribution in [-0.2, 0) is 13.6 Å². The summed E-state index contributed by atoms with van der Waals surface area (Å²) in [4.78, 5) is 1.87. The number of hydrogen-bond donors (Lipinski definition) is 0. The van der Waals surface area contributed by atoms with E-state index in [9.17, 15) is 4.57 Å². The van der Waals surface area contributed by atoms with Crippen molar-refractivity contribution in [3.05, 3.63) is 28.7 Å². The Hall–Kier alpha value is -0.350. The van der Waals surface area contributed by atoms with Crippen molar-refractivity contribution in [1.82, 2.24) is 0 Å². The minimum atomic E-state index is -3.04. The van der Waals surface area contributed by atoms with E-state index in [4.69, 9.17) is 9.05 Å². The predicted octanol–water partition coefficient (Wildman–Crippen LogP) is 4.11. The second-order valence-corrected chi connectivity index (χ2v) is 6.70. The summed E-state index contributed by atoms with van der Waals surface area (Å²) in [6.45, 7) is 4.38. The summed E-state index contributed by atoms with van der Waals surface area (Å²) in [5, 5.41) is 0. The van der Waals surface area contributed by atoms with E-state index in [0.29, 0.717) is 13.2 Å². The Morgan fingerprint density at radius 1 is 1.17 bits per heavy atom. The third-order valence-corrected chi connectivity index (χ3v) is 4.91. The van der Waals surface area contributed by atoms with Crippen LogP contribution in [0.5, 0.6) is 0 Å². The van der Waals surface area contributed by atoms with Gasteiger partial charge >= 0.3 is 7.60 Å². The first-order valence-corrected chi connectivity index (χ1v) is 8.37. The zero-order valence-electron chi connectivity index (χ0n) is 10.9. The van der Waals surface area contributed by atoms with Crippen LogP contribution in [0.3, 0.4) is 0 Å². The fourth-order valence-electron chi connectivity index (χ4n) is 1.55. The van der Waals surface area contributed by atoms with E-state index < -0.39 is 7.60 Å². The zero-order valence-corrected chi connectivity index (χ0v) is 13.4. The van der Waals surface area contributed by atoms with Crippen LogP contribution in [-0.4, -0.2) is 26.5 Å². The molecule has 0 aromatic heterocycles. The van der Waals surface area contributed by atoms with Gasteiger partial charge in [-0.05, 0) is 38.1 Å². The molecular weight excluding hydrogens is 317 g/mol. The lowest BCUT2D eigenvalue weighted by atomic mass is 10.3. The van der Waals surface area contributed by atoms with Crippen LogP contribution in [0, 0.1) is 0 Å². The molecule has 1 aromatic carbocycles. The largest absolute Gasteiger partial charge is 0.363 e. The van der Waals surface area contributed by atoms with Gasteiger partial charge in [-0.1, -0.05) is 15.9 Å². The maximum atomic E-state index is 12.4. The molecule has 0 spiro atoms. The molecule has 0 radical (unpaired) electrons. The number of halogens is 1. The standard InChI is InChI=1S/C12H19BrNO3P/c1-4-16-18(15,17-5-2)10-14(3)12-8-6-11(13)7-9-12/h6-9H,4-5,10H2,1-3H3. The highest BCUT2D eigenvalue weighted by molar-refractivity contribution is 9.10. The summed E-state index contributed by atoms with van der Waals surface area (Å²) >= 11 is 3.38. The molecular formula is C12H19BrNO3P. The van der Waals surface area contributed by atoms with Crippen LogP contribution in [0.1, 0.15) is 13.8 Å². The van der Waals surface area contributed by atoms with E-state index in [2.05, 4.69) is 15.9 Å². The van der Waals surface area contributed by atoms with Gasteiger partial charge in [-0.2, -0.15) is 0 Å². The van der Waals surface area contributed by atoms with Gasteiger partial charge in [0.25, 0.3) is 0 Å². The summed E-state index contributed by atoms with van der Waals surface area (Å²) in [6.07, 6.45) is 0.246. The maximum Gasteiger partial charge on any atom is 0.349 e. The normalized spacial score (nSPS) is 11.6. The van der Waals surface area contributed by atoms with Crippen LogP contribution in [0.2, 0.25) is 0 Å². The number of nitrogens with zero attached hydrogens (tertiary/aromatic N) is 1. The molecule has 1 aromatic rings. The molecule has 1 rings (SSSR count). The lowest BCUT2D eigenvalue weighted by molar-refractivity contribution is 0.220. The first-order chi connectivity index (χ1) is 8.50. The van der Waals surface area contributed by atoms with Crippen molar-refractivity contribution in [1.29, 1.82) is 0 Å². The third-order valence-electron chi connectivity index (χ3n) is 2.30. The summed E-state index contributed by atoms with van der Waals surface area (Å²) in [6, 6.07) is 7.79. The lowest BCUT2D eigenvalue weighted by Gasteiger charge is -2.25. The van der Waals surface area contributed by atoms with Crippen LogP contribution >= 0.6 is 23.5 Å². The van der Waals surface area contributed by atoms with E-state index in [1.54, 1.807) is 0 Å². The molecule has 0 saturated carbocycles. The number of anilines is 1. The molecule has 0 saturated heterocycles. The van der Waals surface area contributed by atoms with E-state index in [1.165, 1.54) is 0 Å². The fourth-order valence-corrected chi connectivity index (χ4v) is 3.52. The van der Waals surface area contributed by atoms with Gasteiger partial charge in [0.1, 0.15) is 6.29 Å². The maximum absolute atomic E-state index is 12.4. The van der Waals surface area contributed by atoms with Crippen molar-refractivity contribution in [3.8, 4) is 0 Å². The first-order valence-electron chi connectivity index (χ1n) is 5.85. The van der Waals surface area contributed by atoms with Crippen LogP contribution in [0.4, 0.5) is 5.69 Å². The minimum Gasteiger partial charge on any atom is -0.363 e. The molecule has 0 unspecified atom stereocenters. The third kappa shape index (κ3) is 4.73. The second kappa shape index (κ2) is 7.29. The van der Waals surface area contributed by atoms with Gasteiger partial charge in [0.05, 0.1) is 13.2 Å². The molecule has 0 amide bonds. The molecule has 18 heavy (non-hydrogen) atoms. The molecule has 6 heteroatoms. The molecule has 0 heterocycles. The Morgan fingerprint density at radius 2 is 1.67 bits per heavy atom. The number of hydrogen-bond acceptors (Lipinski definition) is 4. The number of benzene rings is 1. The Bertz CT molecular complexity index is 400. The lowest BCUT2D eigenvalue weighted by Crippen LogP contribution is -2.20. The van der Waals surface area contributed by atoms with Crippen LogP contribution in [0.25, 0.3) is 0 Å². The van der Waals surface area contributed by atoms with Gasteiger partial charge in [-0.3, -0.25) is 4.57 Å². The van der Waals surface area contributed by atoms with Gasteiger partial charge < -0.3 is 13.9 Å². The van der Waals surface area contributed by atoms with E-state index in [-0.39, 0.29) is 6.29 Å². The fraction of sp³-hybridized carbons (Fsp3) is 0.500. The molecule has 4 nitrogen and oxygen atoms in total. The molecule has 0 atom stereocenters. The summed E-state index contributed by atoms with van der Waals surface area (Å²) in [5.41, 5.74) is 0.970. The quantitative estimate of drug-likeness (QED) is 0.703. The van der Waals surface area contributed by atoms with Crippen molar-refractivity contribution in [2.45, 2.75) is 13.8 Å². The van der Waals surface area contributed by atoms with Crippen molar-refractivity contribution in [2.75, 3.05) is 31.4 Å². The summed E-state index contributed by atoms with van der Waals surface area (Å²) < 4.78 is 23.9. The molecule has 102 valence electrons. The molecule has 0 aliphatic heterocycles. The average Bonchev–Trinajstić information content (AvgIpc) is 2.30. The molecule has 0 aliphatic rings. The van der Waals surface area contributed by atoms with Crippen molar-refractivity contribution < 1.29 is 13.6 Å². The van der Waals surface area contributed by atoms with Crippen molar-refractivity contribution in [2.24, 2.45) is 0 Å². The minimum absolute atomic E-state index is 0.246. The van der Waals surface area contributed by atoms with Gasteiger partial charge in [-0.25, -0.2) is 0 Å². The molecule has 0 aliphatic carbocycles. The molecule has 0 N–H and O–H groups in total. The van der Waals surface area contributed by atoms with Gasteiger partial charge in [0.15, 0.2) is 0 Å². The van der Waals surface area contributed by atoms with E-state index in [0.717, 1.165) is 10.2 Å². The second-order valence-electron chi connectivity index (χ2n) is 3.76. The van der Waals surface area contributed by atoms with E-state index in [1.807, 2.05) is 50.1 Å². The predicted molar refractivity (Wildman–Crippen MR) is 78.3 cm³/mol. The average molecular weight is 336 g/mol. The molecule has 0 fully saturated rings. The molecule has 0 bridgehead atoms. The topological polar surface area (TPSA) is 38.8 Å². The Morgan fingerprint density at radius 3 is 2.11 bits per heavy atom. The van der Waals surface area contributed by atoms with Crippen molar-refractivity contribution >= 4 is 29.2 Å². The highest BCUT2D eigenvalue weighted by Crippen LogP contribution is 2.48. The van der Waals surface area contributed by atoms with E-state index >= 15 is 0 Å². The highest BCUT2D eigenvalue weighted by Gasteiger charge is 2.25. The highest BCUT2D eigenvalue weighted by atomic mass is 79.9. The van der Waals surface area contributed by atoms with Gasteiger partial charge in [-0.15, -0.1) is 0 Å². The SMILES string of the molecule is CCOP(=O)(CN(C)c1ccc(Br)cc1)OCC. The Balaban J connectivity index is 2.74. The Labute approximate surface area is 117 Å². The smallest absolute Gasteiger partial charge is 0.349 e. The van der Waals surface area contributed by atoms with Crippen molar-refractivity contribution in [3.63, 3.8) is 0 Å². The first kappa shape index (κ1) is 15.7. The summed E-state index contributed by atoms with van der Waals surface area (Å²) in [7, 11) is -1.17. The van der Waals surface area contributed by atoms with Gasteiger partial charge in [0, 0.05) is 17.2 Å². The Kier molecular flexibility index (Phi) is 6.36. The van der Waals surface area contributed by atoms with Gasteiger partial charge in [0.2, 0.25) is 0 Å². The van der Waals surface area contributed by atoms with Crippen LogP contribution < -0.4 is 4.90 Å². The number of rotatable bonds is 7. The summed E-state index contributed by atoms with van der Waals surface area (Å²) in [5.74, 6) is 0.